The van der Waals surface area contributed by atoms with Crippen LogP contribution in [0.15, 0.2) is 59.5 Å². The van der Waals surface area contributed by atoms with Crippen molar-refractivity contribution in [3.05, 3.63) is 60.2 Å². The van der Waals surface area contributed by atoms with Crippen LogP contribution in [0.1, 0.15) is 12.5 Å². The van der Waals surface area contributed by atoms with E-state index in [9.17, 15) is 13.2 Å². The number of ether oxygens (including phenoxy) is 1. The highest BCUT2D eigenvalue weighted by atomic mass is 32.2. The van der Waals surface area contributed by atoms with Crippen LogP contribution in [0.25, 0.3) is 0 Å². The van der Waals surface area contributed by atoms with Gasteiger partial charge in [0.05, 0.1) is 18.0 Å². The average Bonchev–Trinajstić information content (AvgIpc) is 2.77. The molecule has 1 atom stereocenters. The lowest BCUT2D eigenvalue weighted by Crippen LogP contribution is -2.54. The van der Waals surface area contributed by atoms with E-state index in [-0.39, 0.29) is 11.9 Å². The van der Waals surface area contributed by atoms with Gasteiger partial charge in [0.1, 0.15) is 5.75 Å². The van der Waals surface area contributed by atoms with Gasteiger partial charge in [0.2, 0.25) is 15.9 Å². The summed E-state index contributed by atoms with van der Waals surface area (Å²) in [5.41, 5.74) is 0.911. The largest absolute Gasteiger partial charge is 0.496 e. The number of nitrogens with one attached hydrogen (secondary N) is 1. The van der Waals surface area contributed by atoms with Crippen LogP contribution in [0.5, 0.6) is 5.75 Å². The Bertz CT molecular complexity index is 926. The molecule has 0 radical (unpaired) electrons. The molecule has 7 nitrogen and oxygen atoms in total. The van der Waals surface area contributed by atoms with Gasteiger partial charge in [-0.15, -0.1) is 0 Å². The number of hydrogen-bond donors (Lipinski definition) is 1. The van der Waals surface area contributed by atoms with E-state index in [0.717, 1.165) is 11.3 Å². The van der Waals surface area contributed by atoms with Crippen molar-refractivity contribution >= 4 is 15.9 Å². The van der Waals surface area contributed by atoms with Gasteiger partial charge in [0.25, 0.3) is 0 Å². The molecule has 8 heteroatoms. The van der Waals surface area contributed by atoms with Crippen LogP contribution in [0.2, 0.25) is 0 Å². The van der Waals surface area contributed by atoms with Crippen LogP contribution in [-0.4, -0.2) is 62.9 Å². The van der Waals surface area contributed by atoms with Crippen molar-refractivity contribution in [3.8, 4) is 5.75 Å². The minimum Gasteiger partial charge on any atom is -0.496 e. The van der Waals surface area contributed by atoms with Crippen molar-refractivity contribution in [1.29, 1.82) is 0 Å². The molecule has 1 amide bonds. The van der Waals surface area contributed by atoms with Crippen LogP contribution in [0, 0.1) is 0 Å². The molecule has 1 N–H and O–H groups in total. The maximum Gasteiger partial charge on any atom is 0.243 e. The molecule has 1 fully saturated rings. The molecule has 2 aromatic carbocycles. The van der Waals surface area contributed by atoms with Crippen molar-refractivity contribution in [2.75, 3.05) is 33.3 Å². The summed E-state index contributed by atoms with van der Waals surface area (Å²) >= 11 is 0. The summed E-state index contributed by atoms with van der Waals surface area (Å²) in [5, 5.41) is 2.95. The maximum atomic E-state index is 12.7. The second kappa shape index (κ2) is 9.39. The predicted octanol–water partition coefficient (Wildman–Crippen LogP) is 1.71. The summed E-state index contributed by atoms with van der Waals surface area (Å²) in [7, 11) is -1.89. The molecule has 0 aliphatic carbocycles. The lowest BCUT2D eigenvalue weighted by atomic mass is 10.2. The van der Waals surface area contributed by atoms with Crippen molar-refractivity contribution in [3.63, 3.8) is 0 Å². The summed E-state index contributed by atoms with van der Waals surface area (Å²) in [6.07, 6.45) is 0. The number of amides is 1. The first-order chi connectivity index (χ1) is 13.9. The highest BCUT2D eigenvalue weighted by Crippen LogP contribution is 2.19. The molecular weight excluding hydrogens is 390 g/mol. The summed E-state index contributed by atoms with van der Waals surface area (Å²) in [6.45, 7) is 3.97. The van der Waals surface area contributed by atoms with Crippen LogP contribution in [0.4, 0.5) is 0 Å². The summed E-state index contributed by atoms with van der Waals surface area (Å²) < 4.78 is 32.3. The zero-order valence-electron chi connectivity index (χ0n) is 16.7. The van der Waals surface area contributed by atoms with Crippen LogP contribution < -0.4 is 10.1 Å². The first-order valence-corrected chi connectivity index (χ1v) is 11.1. The molecule has 1 heterocycles. The van der Waals surface area contributed by atoms with Gasteiger partial charge >= 0.3 is 0 Å². The van der Waals surface area contributed by atoms with Gasteiger partial charge in [-0.3, -0.25) is 9.69 Å². The van der Waals surface area contributed by atoms with Gasteiger partial charge in [-0.1, -0.05) is 36.4 Å². The minimum absolute atomic E-state index is 0.0877. The Hall–Kier alpha value is -2.42. The molecule has 3 rings (SSSR count). The molecule has 156 valence electrons. The molecular formula is C21H27N3O4S. The molecule has 1 unspecified atom stereocenters. The Morgan fingerprint density at radius 1 is 1.03 bits per heavy atom. The molecule has 0 bridgehead atoms. The first-order valence-electron chi connectivity index (χ1n) is 9.62. The molecule has 1 aliphatic heterocycles. The van der Waals surface area contributed by atoms with Crippen LogP contribution >= 0.6 is 0 Å². The average molecular weight is 418 g/mol. The van der Waals surface area contributed by atoms with Crippen molar-refractivity contribution in [2.45, 2.75) is 24.4 Å². The molecule has 0 spiro atoms. The third-order valence-corrected chi connectivity index (χ3v) is 7.14. The van der Waals surface area contributed by atoms with Gasteiger partial charge < -0.3 is 10.1 Å². The Morgan fingerprint density at radius 2 is 1.66 bits per heavy atom. The number of sulfonamides is 1. The topological polar surface area (TPSA) is 79.0 Å². The lowest BCUT2D eigenvalue weighted by Gasteiger charge is -2.36. The van der Waals surface area contributed by atoms with E-state index in [0.29, 0.717) is 37.6 Å². The molecule has 29 heavy (non-hydrogen) atoms. The fourth-order valence-corrected chi connectivity index (χ4v) is 4.86. The fraction of sp³-hybridized carbons (Fsp3) is 0.381. The quantitative estimate of drug-likeness (QED) is 0.742. The predicted molar refractivity (Wildman–Crippen MR) is 111 cm³/mol. The smallest absolute Gasteiger partial charge is 0.243 e. The highest BCUT2D eigenvalue weighted by Gasteiger charge is 2.31. The van der Waals surface area contributed by atoms with E-state index in [1.807, 2.05) is 36.1 Å². The zero-order valence-corrected chi connectivity index (χ0v) is 17.6. The van der Waals surface area contributed by atoms with Gasteiger partial charge in [-0.05, 0) is 25.1 Å². The number of nitrogens with zero attached hydrogens (tertiary/aromatic N) is 2. The van der Waals surface area contributed by atoms with Crippen LogP contribution in [-0.2, 0) is 21.4 Å². The van der Waals surface area contributed by atoms with E-state index in [1.54, 1.807) is 37.4 Å². The summed E-state index contributed by atoms with van der Waals surface area (Å²) in [6, 6.07) is 15.7. The van der Waals surface area contributed by atoms with E-state index < -0.39 is 10.0 Å². The van der Waals surface area contributed by atoms with E-state index in [2.05, 4.69) is 5.32 Å². The lowest BCUT2D eigenvalue weighted by molar-refractivity contribution is -0.126. The number of methoxy groups -OCH3 is 1. The highest BCUT2D eigenvalue weighted by molar-refractivity contribution is 7.89. The SMILES string of the molecule is COc1ccccc1CNC(=O)C(C)N1CCN(S(=O)(=O)c2ccccc2)CC1. The van der Waals surface area contributed by atoms with Gasteiger partial charge in [-0.2, -0.15) is 4.31 Å². The number of carbonyl (C=O) groups is 1. The molecule has 0 aromatic heterocycles. The van der Waals surface area contributed by atoms with Gasteiger partial charge in [0, 0.05) is 38.3 Å². The number of carbonyl (C=O) groups excluding carboxylic acids is 1. The van der Waals surface area contributed by atoms with Crippen LogP contribution in [0.3, 0.4) is 0 Å². The van der Waals surface area contributed by atoms with Crippen molar-refractivity contribution in [1.82, 2.24) is 14.5 Å². The second-order valence-corrected chi connectivity index (χ2v) is 8.90. The minimum atomic E-state index is -3.49. The Labute approximate surface area is 172 Å². The number of para-hydroxylation sites is 1. The monoisotopic (exact) mass is 417 g/mol. The number of hydrogen-bond acceptors (Lipinski definition) is 5. The third kappa shape index (κ3) is 4.95. The Kier molecular flexibility index (Phi) is 6.89. The second-order valence-electron chi connectivity index (χ2n) is 6.96. The fourth-order valence-electron chi connectivity index (χ4n) is 3.42. The van der Waals surface area contributed by atoms with E-state index >= 15 is 0 Å². The zero-order chi connectivity index (χ0) is 20.9. The molecule has 2 aromatic rings. The molecule has 0 saturated carbocycles. The summed E-state index contributed by atoms with van der Waals surface area (Å²) in [5.74, 6) is 0.649. The van der Waals surface area contributed by atoms with E-state index in [1.165, 1.54) is 4.31 Å². The number of rotatable bonds is 7. The third-order valence-electron chi connectivity index (χ3n) is 5.23. The van der Waals surface area contributed by atoms with Gasteiger partial charge in [-0.25, -0.2) is 8.42 Å². The maximum absolute atomic E-state index is 12.7. The Morgan fingerprint density at radius 3 is 2.31 bits per heavy atom. The molecule has 1 saturated heterocycles. The first kappa shape index (κ1) is 21.3. The van der Waals surface area contributed by atoms with Gasteiger partial charge in [0.15, 0.2) is 0 Å². The Balaban J connectivity index is 1.54. The normalized spacial score (nSPS) is 16.9. The number of benzene rings is 2. The van der Waals surface area contributed by atoms with E-state index in [4.69, 9.17) is 4.74 Å². The number of piperazine rings is 1. The summed E-state index contributed by atoms with van der Waals surface area (Å²) in [4.78, 5) is 14.9. The molecule has 1 aliphatic rings. The van der Waals surface area contributed by atoms with Crippen molar-refractivity contribution < 1.29 is 17.9 Å². The standard InChI is InChI=1S/C21H27N3O4S/c1-17(21(25)22-16-18-8-6-7-11-20(18)28-2)23-12-14-24(15-13-23)29(26,27)19-9-4-3-5-10-19/h3-11,17H,12-16H2,1-2H3,(H,22,25). The van der Waals surface area contributed by atoms with Crippen molar-refractivity contribution in [2.24, 2.45) is 0 Å².